The lowest BCUT2D eigenvalue weighted by atomic mass is 9.93. The van der Waals surface area contributed by atoms with Gasteiger partial charge in [-0.3, -0.25) is 43.3 Å². The summed E-state index contributed by atoms with van der Waals surface area (Å²) in [4.78, 5) is 121. The van der Waals surface area contributed by atoms with Gasteiger partial charge in [-0.2, -0.15) is 0 Å². The summed E-state index contributed by atoms with van der Waals surface area (Å²) in [7, 11) is 1.92. The number of rotatable bonds is 17. The number of hydrogen-bond donors (Lipinski definition) is 15. The highest BCUT2D eigenvalue weighted by molar-refractivity contribution is 8.77. The fourth-order valence-electron chi connectivity index (χ4n) is 8.45. The van der Waals surface area contributed by atoms with Gasteiger partial charge in [0.25, 0.3) is 0 Å². The molecule has 11 atom stereocenters. The Morgan fingerprint density at radius 3 is 2.00 bits per heavy atom. The molecule has 5 rings (SSSR count). The third-order valence-electron chi connectivity index (χ3n) is 13.0. The molecule has 1 aromatic heterocycles. The van der Waals surface area contributed by atoms with Crippen molar-refractivity contribution in [1.82, 2.24) is 42.2 Å². The number of amides is 8. The molecule has 26 heteroatoms. The van der Waals surface area contributed by atoms with Crippen LogP contribution in [0, 0.1) is 0 Å². The molecule has 2 heterocycles. The third kappa shape index (κ3) is 17.3. The van der Waals surface area contributed by atoms with Gasteiger partial charge in [0.05, 0.1) is 18.2 Å². The molecule has 422 valence electrons. The minimum Gasteiger partial charge on any atom is -0.508 e. The Hall–Kier alpha value is -7.39. The molecule has 0 aliphatic carbocycles. The van der Waals surface area contributed by atoms with E-state index in [1.165, 1.54) is 52.0 Å². The summed E-state index contributed by atoms with van der Waals surface area (Å²) in [6.45, 7) is 7.19. The smallest absolute Gasteiger partial charge is 0.245 e. The SMILES string of the molecule is C[C@H](c1ccccc1)[C@@H](N)C(=O)N[C@H]1CSSC(C)(C)[C@H](C(=O)N[C@H](C(N)=O)[C@@H](C)O)NC(=O)[C@@H]([C@@H](C)O)NC(=O)[C@H](CCCN=C(N)N)NC(=O)[C@H](Cc2c[nH]c3ccccc23)NC(=O)[C@H](Cc2ccc(O)cc2)NC1=O. The van der Waals surface area contributed by atoms with E-state index in [1.807, 2.05) is 6.07 Å². The maximum Gasteiger partial charge on any atom is 0.245 e. The first-order valence-electron chi connectivity index (χ1n) is 25.1. The van der Waals surface area contributed by atoms with Gasteiger partial charge < -0.3 is 80.5 Å². The van der Waals surface area contributed by atoms with Crippen LogP contribution in [0.15, 0.2) is 90.1 Å². The highest BCUT2D eigenvalue weighted by atomic mass is 33.1. The first-order chi connectivity index (χ1) is 36.9. The summed E-state index contributed by atoms with van der Waals surface area (Å²) in [6, 6.07) is 9.79. The molecule has 0 saturated carbocycles. The molecule has 78 heavy (non-hydrogen) atoms. The maximum absolute atomic E-state index is 14.9. The summed E-state index contributed by atoms with van der Waals surface area (Å²) in [5.41, 5.74) is 25.7. The lowest BCUT2D eigenvalue weighted by molar-refractivity contribution is -0.137. The van der Waals surface area contributed by atoms with E-state index in [0.717, 1.165) is 27.2 Å². The predicted octanol–water partition coefficient (Wildman–Crippen LogP) is -1.34. The minimum atomic E-state index is -1.80. The number of hydrogen-bond acceptors (Lipinski definition) is 15. The van der Waals surface area contributed by atoms with Gasteiger partial charge in [-0.15, -0.1) is 0 Å². The van der Waals surface area contributed by atoms with Crippen LogP contribution in [-0.2, 0) is 51.2 Å². The second-order valence-electron chi connectivity index (χ2n) is 19.6. The summed E-state index contributed by atoms with van der Waals surface area (Å²) < 4.78 is -1.45. The van der Waals surface area contributed by atoms with Gasteiger partial charge in [0.2, 0.25) is 47.3 Å². The molecule has 24 nitrogen and oxygen atoms in total. The number of benzene rings is 3. The Balaban J connectivity index is 1.65. The lowest BCUT2D eigenvalue weighted by Gasteiger charge is -2.36. The predicted molar refractivity (Wildman–Crippen MR) is 297 cm³/mol. The van der Waals surface area contributed by atoms with Crippen LogP contribution in [-0.4, -0.2) is 151 Å². The number of nitrogens with one attached hydrogen (secondary N) is 8. The van der Waals surface area contributed by atoms with Gasteiger partial charge in [-0.05, 0) is 75.4 Å². The summed E-state index contributed by atoms with van der Waals surface area (Å²) in [5, 5.41) is 50.8. The van der Waals surface area contributed by atoms with Gasteiger partial charge in [-0.1, -0.05) is 89.2 Å². The molecule has 1 aliphatic heterocycles. The van der Waals surface area contributed by atoms with Gasteiger partial charge in [0.15, 0.2) is 5.96 Å². The molecular formula is C52H71N13O11S2. The number of aliphatic hydroxyl groups is 2. The van der Waals surface area contributed by atoms with E-state index in [0.29, 0.717) is 22.0 Å². The molecule has 0 radical (unpaired) electrons. The van der Waals surface area contributed by atoms with Crippen molar-refractivity contribution in [2.45, 2.75) is 132 Å². The lowest BCUT2D eigenvalue weighted by Crippen LogP contribution is -2.65. The maximum atomic E-state index is 14.9. The molecule has 0 spiro atoms. The van der Waals surface area contributed by atoms with Crippen molar-refractivity contribution in [2.24, 2.45) is 27.9 Å². The van der Waals surface area contributed by atoms with E-state index >= 15 is 0 Å². The van der Waals surface area contributed by atoms with Gasteiger partial charge in [-0.25, -0.2) is 0 Å². The number of nitrogens with zero attached hydrogens (tertiary/aromatic N) is 1. The molecule has 8 amide bonds. The zero-order chi connectivity index (χ0) is 57.4. The second kappa shape index (κ2) is 28.3. The number of guanidine groups is 1. The number of aliphatic imine (C=N–C) groups is 1. The van der Waals surface area contributed by atoms with E-state index in [2.05, 4.69) is 47.2 Å². The van der Waals surface area contributed by atoms with E-state index in [-0.39, 0.29) is 49.7 Å². The summed E-state index contributed by atoms with van der Waals surface area (Å²) in [6.07, 6.45) is -1.93. The largest absolute Gasteiger partial charge is 0.508 e. The first-order valence-corrected chi connectivity index (χ1v) is 27.5. The van der Waals surface area contributed by atoms with Gasteiger partial charge >= 0.3 is 0 Å². The highest BCUT2D eigenvalue weighted by Crippen LogP contribution is 2.39. The van der Waals surface area contributed by atoms with E-state index in [1.54, 1.807) is 61.7 Å². The number of aliphatic hydroxyl groups excluding tert-OH is 2. The van der Waals surface area contributed by atoms with Crippen LogP contribution in [0.4, 0.5) is 0 Å². The molecule has 1 saturated heterocycles. The number of primary amides is 1. The molecule has 0 bridgehead atoms. The Labute approximate surface area is 459 Å². The zero-order valence-corrected chi connectivity index (χ0v) is 45.5. The normalized spacial score (nSPS) is 22.8. The van der Waals surface area contributed by atoms with Crippen molar-refractivity contribution in [3.8, 4) is 5.75 Å². The van der Waals surface area contributed by atoms with Crippen molar-refractivity contribution in [2.75, 3.05) is 12.3 Å². The van der Waals surface area contributed by atoms with Crippen LogP contribution in [0.1, 0.15) is 70.1 Å². The first kappa shape index (κ1) is 61.5. The highest BCUT2D eigenvalue weighted by Gasteiger charge is 2.43. The Morgan fingerprint density at radius 2 is 1.37 bits per heavy atom. The topological polar surface area (TPSA) is 414 Å². The number of aromatic nitrogens is 1. The van der Waals surface area contributed by atoms with Crippen molar-refractivity contribution < 1.29 is 53.7 Å². The standard InChI is InChI=1S/C52H71N13O11S2/c1-26(30-12-7-6-8-13-30)39(53)48(74)62-38-25-77-78-52(4,5)42(50(76)63-40(27(2)66)43(54)69)65-49(75)41(28(3)67)64-44(70)35(16-11-21-57-51(55)56)59-46(72)37(23-31-24-58-34-15-10-9-14-33(31)34)61-45(71)36(60-47(38)73)22-29-17-19-32(68)20-18-29/h6-10,12-15,17-20,24,26-28,35-42,58,66-68H,11,16,21-23,25,53H2,1-5H3,(H2,54,69)(H,59,72)(H,60,73)(H,61,71)(H,62,74)(H,63,76)(H,64,70)(H,65,75)(H4,55,56,57)/t26-,27-,28-,35+,36+,37+,38+,39-,40+,41-,42+/m1/s1. The number of phenolic OH excluding ortho intramolecular Hbond substituents is 1. The molecule has 0 unspecified atom stereocenters. The number of nitrogens with two attached hydrogens (primary N) is 4. The van der Waals surface area contributed by atoms with Crippen molar-refractivity contribution in [3.63, 3.8) is 0 Å². The molecule has 1 fully saturated rings. The van der Waals surface area contributed by atoms with Crippen LogP contribution in [0.25, 0.3) is 10.9 Å². The fraction of sp³-hybridized carbons (Fsp3) is 0.442. The van der Waals surface area contributed by atoms with Crippen molar-refractivity contribution in [1.29, 1.82) is 0 Å². The van der Waals surface area contributed by atoms with Crippen LogP contribution >= 0.6 is 21.6 Å². The summed E-state index contributed by atoms with van der Waals surface area (Å²) in [5.74, 6) is -8.71. The molecule has 1 aliphatic rings. The fourth-order valence-corrected chi connectivity index (χ4v) is 11.3. The number of carbonyl (C=O) groups excluding carboxylic acids is 8. The number of aromatic amines is 1. The average molecular weight is 1120 g/mol. The van der Waals surface area contributed by atoms with Crippen LogP contribution in [0.5, 0.6) is 5.75 Å². The number of fused-ring (bicyclic) bond motifs is 1. The minimum absolute atomic E-state index is 0.00378. The van der Waals surface area contributed by atoms with Gasteiger partial charge in [0.1, 0.15) is 48.0 Å². The second-order valence-corrected chi connectivity index (χ2v) is 22.6. The number of aromatic hydroxyl groups is 1. The molecule has 19 N–H and O–H groups in total. The number of phenols is 1. The Bertz CT molecular complexity index is 2780. The average Bonchev–Trinajstić information content (AvgIpc) is 3.82. The molecular weight excluding hydrogens is 1050 g/mol. The van der Waals surface area contributed by atoms with Crippen LogP contribution in [0.3, 0.4) is 0 Å². The third-order valence-corrected chi connectivity index (χ3v) is 16.3. The van der Waals surface area contributed by atoms with E-state index in [9.17, 15) is 53.7 Å². The van der Waals surface area contributed by atoms with E-state index in [4.69, 9.17) is 22.9 Å². The van der Waals surface area contributed by atoms with Crippen molar-refractivity contribution >= 4 is 85.7 Å². The van der Waals surface area contributed by atoms with Gasteiger partial charge in [0, 0.05) is 52.9 Å². The van der Waals surface area contributed by atoms with Crippen molar-refractivity contribution in [3.05, 3.63) is 102 Å². The number of H-pyrrole nitrogens is 1. The monoisotopic (exact) mass is 1120 g/mol. The number of carbonyl (C=O) groups is 8. The quantitative estimate of drug-likeness (QED) is 0.0252. The molecule has 4 aromatic rings. The van der Waals surface area contributed by atoms with Crippen LogP contribution < -0.4 is 60.2 Å². The number of para-hydroxylation sites is 1. The zero-order valence-electron chi connectivity index (χ0n) is 43.9. The van der Waals surface area contributed by atoms with E-state index < -0.39 is 118 Å². The Morgan fingerprint density at radius 1 is 0.769 bits per heavy atom. The Kier molecular flexibility index (Phi) is 22.3. The molecule has 3 aromatic carbocycles. The van der Waals surface area contributed by atoms with Crippen LogP contribution in [0.2, 0.25) is 0 Å². The summed E-state index contributed by atoms with van der Waals surface area (Å²) >= 11 is 0.